The molecule has 1 heterocycles. The number of phosphoric ester groups is 1. The zero-order chi connectivity index (χ0) is 10.3. The molecular formula is C2H5O11P. The van der Waals surface area contributed by atoms with Gasteiger partial charge in [0.25, 0.3) is 0 Å². The fraction of sp³-hybridized carbons (Fsp3) is 1.00. The summed E-state index contributed by atoms with van der Waals surface area (Å²) in [4.78, 5) is 12.9. The molecule has 1 fully saturated rings. The number of hydrogen-bond donors (Lipinski definition) is 1. The average Bonchev–Trinajstić information content (AvgIpc) is 2.11. The molecule has 0 amide bonds. The highest BCUT2D eigenvalue weighted by Gasteiger charge is 2.24. The zero-order valence-electron chi connectivity index (χ0n) is 6.39. The predicted molar refractivity (Wildman–Crippen MR) is 29.3 cm³/mol. The van der Waals surface area contributed by atoms with Gasteiger partial charge < -0.3 is 4.89 Å². The van der Waals surface area contributed by atoms with Gasteiger partial charge in [-0.1, -0.05) is 4.67 Å². The molecule has 0 saturated carbocycles. The quantitative estimate of drug-likeness (QED) is 0.438. The van der Waals surface area contributed by atoms with Crippen molar-refractivity contribution in [3.05, 3.63) is 0 Å². The first-order chi connectivity index (χ1) is 6.71. The maximum absolute atomic E-state index is 10.8. The lowest BCUT2D eigenvalue weighted by Crippen LogP contribution is -2.09. The highest BCUT2D eigenvalue weighted by atomic mass is 31.2. The number of phosphoric acid groups is 1. The highest BCUT2D eigenvalue weighted by molar-refractivity contribution is 7.47. The van der Waals surface area contributed by atoms with Crippen molar-refractivity contribution in [2.75, 3.05) is 13.2 Å². The Hall–Kier alpha value is -0.170. The molecule has 0 spiro atoms. The molecule has 0 aromatic rings. The first kappa shape index (κ1) is 11.9. The van der Waals surface area contributed by atoms with Gasteiger partial charge in [-0.05, 0) is 30.2 Å². The second-order valence-corrected chi connectivity index (χ2v) is 2.95. The Morgan fingerprint density at radius 3 is 2.36 bits per heavy atom. The monoisotopic (exact) mass is 236 g/mol. The van der Waals surface area contributed by atoms with Crippen LogP contribution in [0.1, 0.15) is 0 Å². The van der Waals surface area contributed by atoms with E-state index in [-0.39, 0.29) is 13.2 Å². The molecule has 84 valence electrons. The van der Waals surface area contributed by atoms with E-state index in [1.807, 2.05) is 0 Å². The molecule has 1 saturated heterocycles. The van der Waals surface area contributed by atoms with E-state index >= 15 is 0 Å². The van der Waals surface area contributed by atoms with Crippen molar-refractivity contribution in [3.8, 4) is 0 Å². The minimum Gasteiger partial charge on any atom is -0.301 e. The summed E-state index contributed by atoms with van der Waals surface area (Å²) in [5.41, 5.74) is 0. The molecule has 0 bridgehead atoms. The van der Waals surface area contributed by atoms with Crippen molar-refractivity contribution >= 4 is 7.82 Å². The minimum atomic E-state index is -4.40. The van der Waals surface area contributed by atoms with Gasteiger partial charge in [0.1, 0.15) is 6.61 Å². The van der Waals surface area contributed by atoms with Crippen molar-refractivity contribution in [2.24, 2.45) is 0 Å². The van der Waals surface area contributed by atoms with Gasteiger partial charge in [-0.2, -0.15) is 0 Å². The molecule has 1 unspecified atom stereocenters. The second-order valence-electron chi connectivity index (χ2n) is 1.61. The molecule has 1 aliphatic rings. The molecule has 1 rings (SSSR count). The van der Waals surface area contributed by atoms with Gasteiger partial charge in [0.15, 0.2) is 0 Å². The van der Waals surface area contributed by atoms with Crippen LogP contribution >= 0.6 is 7.82 Å². The fourth-order valence-corrected chi connectivity index (χ4v) is 0.808. The number of rotatable bonds is 0. The normalized spacial score (nSPS) is 32.9. The SMILES string of the molecule is O=P1(O)OCCOOOOOOOO1. The summed E-state index contributed by atoms with van der Waals surface area (Å²) in [6, 6.07) is 0. The predicted octanol–water partition coefficient (Wildman–Crippen LogP) is -0.345. The largest absolute Gasteiger partial charge is 0.501 e. The van der Waals surface area contributed by atoms with Gasteiger partial charge in [-0.15, -0.1) is 0 Å². The maximum Gasteiger partial charge on any atom is 0.501 e. The van der Waals surface area contributed by atoms with Crippen LogP contribution in [0.15, 0.2) is 0 Å². The van der Waals surface area contributed by atoms with Crippen LogP contribution in [0.4, 0.5) is 0 Å². The topological polar surface area (TPSA) is 120 Å². The van der Waals surface area contributed by atoms with E-state index in [0.29, 0.717) is 0 Å². The lowest BCUT2D eigenvalue weighted by atomic mass is 10.8. The molecule has 1 atom stereocenters. The molecule has 14 heavy (non-hydrogen) atoms. The molecule has 12 heteroatoms. The third-order valence-electron chi connectivity index (χ3n) is 0.733. The molecular weight excluding hydrogens is 231 g/mol. The van der Waals surface area contributed by atoms with Crippen LogP contribution in [-0.4, -0.2) is 18.1 Å². The van der Waals surface area contributed by atoms with Gasteiger partial charge in [0, 0.05) is 0 Å². The van der Waals surface area contributed by atoms with Crippen LogP contribution in [0.25, 0.3) is 0 Å². The Labute approximate surface area is 76.0 Å². The summed E-state index contributed by atoms with van der Waals surface area (Å²) >= 11 is 0. The summed E-state index contributed by atoms with van der Waals surface area (Å²) in [5, 5.41) is 21.7. The Bertz CT molecular complexity index is 176. The summed E-state index contributed by atoms with van der Waals surface area (Å²) in [6.45, 7) is -0.570. The van der Waals surface area contributed by atoms with Crippen molar-refractivity contribution in [1.29, 1.82) is 0 Å². The standard InChI is InChI=1S/C2H5O11P/c3-14(4)6-2-1-5-7-8-9-10-11-12-13-14/h1-2H2,(H,3,4). The van der Waals surface area contributed by atoms with Crippen LogP contribution in [0.2, 0.25) is 0 Å². The van der Waals surface area contributed by atoms with Gasteiger partial charge in [0.2, 0.25) is 0 Å². The molecule has 0 radical (unpaired) electrons. The van der Waals surface area contributed by atoms with E-state index in [1.165, 1.54) is 0 Å². The summed E-state index contributed by atoms with van der Waals surface area (Å²) in [6.07, 6.45) is 0. The summed E-state index contributed by atoms with van der Waals surface area (Å²) in [7, 11) is -4.40. The van der Waals surface area contributed by atoms with Crippen molar-refractivity contribution in [1.82, 2.24) is 0 Å². The van der Waals surface area contributed by atoms with E-state index in [4.69, 9.17) is 4.89 Å². The molecule has 11 nitrogen and oxygen atoms in total. The summed E-state index contributed by atoms with van der Waals surface area (Å²) < 4.78 is 18.7. The minimum absolute atomic E-state index is 0.238. The van der Waals surface area contributed by atoms with Gasteiger partial charge >= 0.3 is 7.82 Å². The molecule has 0 aromatic carbocycles. The van der Waals surface area contributed by atoms with E-state index in [1.54, 1.807) is 0 Å². The maximum atomic E-state index is 10.8. The van der Waals surface area contributed by atoms with Crippen LogP contribution < -0.4 is 0 Å². The van der Waals surface area contributed by atoms with Crippen molar-refractivity contribution in [2.45, 2.75) is 0 Å². The molecule has 1 N–H and O–H groups in total. The van der Waals surface area contributed by atoms with Crippen molar-refractivity contribution in [3.63, 3.8) is 0 Å². The first-order valence-electron chi connectivity index (χ1n) is 2.99. The zero-order valence-corrected chi connectivity index (χ0v) is 7.29. The lowest BCUT2D eigenvalue weighted by Gasteiger charge is -2.09. The van der Waals surface area contributed by atoms with Crippen molar-refractivity contribution < 1.29 is 53.8 Å². The third kappa shape index (κ3) is 5.54. The average molecular weight is 236 g/mol. The van der Waals surface area contributed by atoms with Gasteiger partial charge in [-0.3, -0.25) is 4.52 Å². The lowest BCUT2D eigenvalue weighted by molar-refractivity contribution is -0.809. The molecule has 0 aliphatic carbocycles. The van der Waals surface area contributed by atoms with Gasteiger partial charge in [-0.25, -0.2) is 9.45 Å². The highest BCUT2D eigenvalue weighted by Crippen LogP contribution is 2.43. The summed E-state index contributed by atoms with van der Waals surface area (Å²) in [5.74, 6) is 0. The Kier molecular flexibility index (Phi) is 5.39. The van der Waals surface area contributed by atoms with Crippen LogP contribution in [0.3, 0.4) is 0 Å². The third-order valence-corrected chi connectivity index (χ3v) is 1.49. The van der Waals surface area contributed by atoms with E-state index in [0.717, 1.165) is 0 Å². The van der Waals surface area contributed by atoms with Gasteiger partial charge in [0.05, 0.1) is 6.61 Å². The van der Waals surface area contributed by atoms with E-state index in [2.05, 4.69) is 44.3 Å². The van der Waals surface area contributed by atoms with Crippen LogP contribution in [-0.2, 0) is 48.9 Å². The first-order valence-corrected chi connectivity index (χ1v) is 4.49. The molecule has 0 aromatic heterocycles. The fourth-order valence-electron chi connectivity index (χ4n) is 0.358. The van der Waals surface area contributed by atoms with E-state index in [9.17, 15) is 4.57 Å². The molecule has 1 aliphatic heterocycles. The Morgan fingerprint density at radius 1 is 0.929 bits per heavy atom. The second kappa shape index (κ2) is 6.34. The van der Waals surface area contributed by atoms with Crippen LogP contribution in [0.5, 0.6) is 0 Å². The Morgan fingerprint density at radius 2 is 1.57 bits per heavy atom. The Balaban J connectivity index is 2.28. The van der Waals surface area contributed by atoms with E-state index < -0.39 is 7.82 Å². The van der Waals surface area contributed by atoms with Crippen LogP contribution in [0, 0.1) is 0 Å². The number of hydrogen-bond acceptors (Lipinski definition) is 10. The smallest absolute Gasteiger partial charge is 0.301 e.